The zero-order valence-corrected chi connectivity index (χ0v) is 10.5. The minimum Gasteiger partial charge on any atom is -0.508 e. The lowest BCUT2D eigenvalue weighted by Gasteiger charge is -2.15. The number of rotatable bonds is 5. The number of phenols is 1. The molecule has 2 N–H and O–H groups in total. The van der Waals surface area contributed by atoms with Crippen LogP contribution in [0.5, 0.6) is 11.5 Å². The number of aromatic hydroxyl groups is 1. The molecule has 0 aliphatic rings. The number of phenolic OH excluding ortho intramolecular Hbond substituents is 1. The summed E-state index contributed by atoms with van der Waals surface area (Å²) >= 11 is 0. The van der Waals surface area contributed by atoms with E-state index in [4.69, 9.17) is 4.74 Å². The molecule has 0 radical (unpaired) electrons. The van der Waals surface area contributed by atoms with Gasteiger partial charge in [-0.2, -0.15) is 0 Å². The Morgan fingerprint density at radius 3 is 2.60 bits per heavy atom. The Labute approximate surface area is 115 Å². The lowest BCUT2D eigenvalue weighted by molar-refractivity contribution is -0.139. The van der Waals surface area contributed by atoms with Crippen molar-refractivity contribution in [2.75, 3.05) is 6.61 Å². The van der Waals surface area contributed by atoms with Crippen molar-refractivity contribution >= 4 is 5.97 Å². The van der Waals surface area contributed by atoms with E-state index in [0.29, 0.717) is 5.75 Å². The summed E-state index contributed by atoms with van der Waals surface area (Å²) in [6, 6.07) is 11.7. The predicted molar refractivity (Wildman–Crippen MR) is 70.4 cm³/mol. The van der Waals surface area contributed by atoms with Crippen LogP contribution in [0.1, 0.15) is 11.5 Å². The van der Waals surface area contributed by atoms with Crippen LogP contribution in [0.4, 0.5) is 4.39 Å². The maximum atomic E-state index is 13.6. The van der Waals surface area contributed by atoms with E-state index in [1.54, 1.807) is 18.2 Å². The molecule has 0 bridgehead atoms. The molecule has 104 valence electrons. The van der Waals surface area contributed by atoms with Crippen molar-refractivity contribution in [3.05, 3.63) is 59.9 Å². The van der Waals surface area contributed by atoms with Gasteiger partial charge in [0.15, 0.2) is 0 Å². The van der Waals surface area contributed by atoms with E-state index in [-0.39, 0.29) is 17.9 Å². The van der Waals surface area contributed by atoms with Crippen molar-refractivity contribution in [1.82, 2.24) is 0 Å². The van der Waals surface area contributed by atoms with E-state index in [9.17, 15) is 19.4 Å². The minimum absolute atomic E-state index is 0.0141. The van der Waals surface area contributed by atoms with Crippen LogP contribution in [0.15, 0.2) is 48.5 Å². The second kappa shape index (κ2) is 6.06. The Morgan fingerprint density at radius 1 is 1.20 bits per heavy atom. The highest BCUT2D eigenvalue weighted by molar-refractivity contribution is 5.76. The van der Waals surface area contributed by atoms with Gasteiger partial charge in [0.25, 0.3) is 0 Å². The summed E-state index contributed by atoms with van der Waals surface area (Å²) in [6.07, 6.45) is 0. The molecule has 0 aliphatic heterocycles. The largest absolute Gasteiger partial charge is 0.508 e. The number of ether oxygens (including phenoxy) is 1. The van der Waals surface area contributed by atoms with Gasteiger partial charge in [-0.25, -0.2) is 4.39 Å². The fraction of sp³-hybridized carbons (Fsp3) is 0.133. The first-order chi connectivity index (χ1) is 9.58. The van der Waals surface area contributed by atoms with E-state index in [1.165, 1.54) is 30.3 Å². The molecule has 5 heteroatoms. The van der Waals surface area contributed by atoms with Crippen LogP contribution in [0.2, 0.25) is 0 Å². The number of halogens is 1. The second-order valence-electron chi connectivity index (χ2n) is 4.22. The van der Waals surface area contributed by atoms with Crippen LogP contribution in [-0.4, -0.2) is 22.8 Å². The Morgan fingerprint density at radius 2 is 1.95 bits per heavy atom. The van der Waals surface area contributed by atoms with E-state index in [0.717, 1.165) is 0 Å². The number of carbonyl (C=O) groups is 1. The molecule has 2 aromatic carbocycles. The highest BCUT2D eigenvalue weighted by Crippen LogP contribution is 2.23. The van der Waals surface area contributed by atoms with Crippen molar-refractivity contribution in [2.45, 2.75) is 5.92 Å². The number of hydrogen-bond donors (Lipinski definition) is 2. The van der Waals surface area contributed by atoms with Crippen LogP contribution >= 0.6 is 0 Å². The normalized spacial score (nSPS) is 11.8. The lowest BCUT2D eigenvalue weighted by atomic mass is 10.00. The van der Waals surface area contributed by atoms with E-state index >= 15 is 0 Å². The van der Waals surface area contributed by atoms with Crippen molar-refractivity contribution in [2.24, 2.45) is 0 Å². The zero-order valence-electron chi connectivity index (χ0n) is 10.5. The van der Waals surface area contributed by atoms with Crippen LogP contribution < -0.4 is 4.74 Å². The highest BCUT2D eigenvalue weighted by Gasteiger charge is 2.23. The Kier molecular flexibility index (Phi) is 4.20. The first-order valence-corrected chi connectivity index (χ1v) is 5.97. The van der Waals surface area contributed by atoms with E-state index in [1.807, 2.05) is 0 Å². The van der Waals surface area contributed by atoms with E-state index < -0.39 is 17.7 Å². The summed E-state index contributed by atoms with van der Waals surface area (Å²) < 4.78 is 18.9. The van der Waals surface area contributed by atoms with Crippen molar-refractivity contribution in [3.63, 3.8) is 0 Å². The number of aliphatic carboxylic acids is 1. The topological polar surface area (TPSA) is 66.8 Å². The van der Waals surface area contributed by atoms with Crippen LogP contribution in [0.25, 0.3) is 0 Å². The van der Waals surface area contributed by atoms with Gasteiger partial charge in [-0.15, -0.1) is 0 Å². The predicted octanol–water partition coefficient (Wildman–Crippen LogP) is 2.78. The van der Waals surface area contributed by atoms with Crippen molar-refractivity contribution in [3.8, 4) is 11.5 Å². The molecule has 0 heterocycles. The molecule has 2 aromatic rings. The molecule has 0 saturated heterocycles. The third kappa shape index (κ3) is 3.26. The monoisotopic (exact) mass is 276 g/mol. The first kappa shape index (κ1) is 13.9. The molecule has 20 heavy (non-hydrogen) atoms. The SMILES string of the molecule is O=C(O)C(COc1cccc(O)c1)c1ccccc1F. The summed E-state index contributed by atoms with van der Waals surface area (Å²) in [6.45, 7) is -0.223. The minimum atomic E-state index is -1.17. The second-order valence-corrected chi connectivity index (χ2v) is 4.22. The number of carboxylic acids is 1. The molecule has 1 atom stereocenters. The third-order valence-corrected chi connectivity index (χ3v) is 2.81. The maximum absolute atomic E-state index is 13.6. The van der Waals surface area contributed by atoms with Crippen molar-refractivity contribution in [1.29, 1.82) is 0 Å². The fourth-order valence-electron chi connectivity index (χ4n) is 1.80. The zero-order chi connectivity index (χ0) is 14.5. The molecular formula is C15H13FO4. The number of hydrogen-bond acceptors (Lipinski definition) is 3. The molecule has 0 spiro atoms. The molecule has 0 saturated carbocycles. The van der Waals surface area contributed by atoms with Gasteiger partial charge in [-0.3, -0.25) is 4.79 Å². The van der Waals surface area contributed by atoms with Gasteiger partial charge < -0.3 is 14.9 Å². The standard InChI is InChI=1S/C15H13FO4/c16-14-7-2-1-6-12(14)13(15(18)19)9-20-11-5-3-4-10(17)8-11/h1-8,13,17H,9H2,(H,18,19). The average Bonchev–Trinajstić information content (AvgIpc) is 2.40. The molecule has 1 unspecified atom stereocenters. The average molecular weight is 276 g/mol. The first-order valence-electron chi connectivity index (χ1n) is 5.97. The number of benzene rings is 2. The third-order valence-electron chi connectivity index (χ3n) is 2.81. The molecule has 0 fully saturated rings. The molecule has 0 amide bonds. The molecular weight excluding hydrogens is 263 g/mol. The fourth-order valence-corrected chi connectivity index (χ4v) is 1.80. The molecule has 2 rings (SSSR count). The van der Waals surface area contributed by atoms with Crippen LogP contribution in [0.3, 0.4) is 0 Å². The van der Waals surface area contributed by atoms with Gasteiger partial charge in [0.05, 0.1) is 0 Å². The van der Waals surface area contributed by atoms with Crippen LogP contribution in [-0.2, 0) is 4.79 Å². The lowest BCUT2D eigenvalue weighted by Crippen LogP contribution is -2.20. The molecule has 4 nitrogen and oxygen atoms in total. The van der Waals surface area contributed by atoms with Gasteiger partial charge in [-0.05, 0) is 18.2 Å². The van der Waals surface area contributed by atoms with Gasteiger partial charge >= 0.3 is 5.97 Å². The Bertz CT molecular complexity index is 612. The smallest absolute Gasteiger partial charge is 0.314 e. The van der Waals surface area contributed by atoms with Gasteiger partial charge in [0.2, 0.25) is 0 Å². The summed E-state index contributed by atoms with van der Waals surface area (Å²) in [5.74, 6) is -2.53. The quantitative estimate of drug-likeness (QED) is 0.881. The van der Waals surface area contributed by atoms with Gasteiger partial charge in [0.1, 0.15) is 29.8 Å². The van der Waals surface area contributed by atoms with Gasteiger partial charge in [0, 0.05) is 11.6 Å². The summed E-state index contributed by atoms with van der Waals surface area (Å²) in [7, 11) is 0. The van der Waals surface area contributed by atoms with Crippen LogP contribution in [0, 0.1) is 5.82 Å². The Balaban J connectivity index is 2.15. The van der Waals surface area contributed by atoms with Crippen molar-refractivity contribution < 1.29 is 24.1 Å². The Hall–Kier alpha value is -2.56. The van der Waals surface area contributed by atoms with Gasteiger partial charge in [-0.1, -0.05) is 24.3 Å². The highest BCUT2D eigenvalue weighted by atomic mass is 19.1. The van der Waals surface area contributed by atoms with E-state index in [2.05, 4.69) is 0 Å². The molecule has 0 aliphatic carbocycles. The molecule has 0 aromatic heterocycles. The summed E-state index contributed by atoms with van der Waals surface area (Å²) in [4.78, 5) is 11.2. The summed E-state index contributed by atoms with van der Waals surface area (Å²) in [5.41, 5.74) is 0.0696. The summed E-state index contributed by atoms with van der Waals surface area (Å²) in [5, 5.41) is 18.5. The maximum Gasteiger partial charge on any atom is 0.314 e. The number of carboxylic acid groups (broad SMARTS) is 1.